The third-order valence-corrected chi connectivity index (χ3v) is 5.91. The van der Waals surface area contributed by atoms with Crippen molar-refractivity contribution in [2.75, 3.05) is 31.1 Å². The van der Waals surface area contributed by atoms with Crippen molar-refractivity contribution < 1.29 is 9.72 Å². The van der Waals surface area contributed by atoms with Crippen LogP contribution in [0.15, 0.2) is 54.6 Å². The van der Waals surface area contributed by atoms with Gasteiger partial charge in [-0.15, -0.1) is 0 Å². The van der Waals surface area contributed by atoms with E-state index in [0.717, 1.165) is 17.1 Å². The van der Waals surface area contributed by atoms with Gasteiger partial charge in [-0.1, -0.05) is 24.3 Å². The molecule has 0 aliphatic carbocycles. The van der Waals surface area contributed by atoms with Crippen LogP contribution in [0.1, 0.15) is 27.3 Å². The van der Waals surface area contributed by atoms with Gasteiger partial charge in [-0.25, -0.2) is 0 Å². The second-order valence-electron chi connectivity index (χ2n) is 7.98. The lowest BCUT2D eigenvalue weighted by Crippen LogP contribution is -2.49. The molecule has 0 spiro atoms. The van der Waals surface area contributed by atoms with Crippen LogP contribution in [0.3, 0.4) is 0 Å². The number of benzene rings is 2. The number of anilines is 1. The molecule has 0 unspecified atom stereocenters. The average Bonchev–Trinajstić information content (AvgIpc) is 3.07. The Labute approximate surface area is 181 Å². The highest BCUT2D eigenvalue weighted by Gasteiger charge is 2.28. The first-order valence-corrected chi connectivity index (χ1v) is 10.4. The molecule has 160 valence electrons. The quantitative estimate of drug-likeness (QED) is 0.469. The molecule has 3 aromatic rings. The van der Waals surface area contributed by atoms with Crippen LogP contribution in [-0.4, -0.2) is 46.5 Å². The first-order chi connectivity index (χ1) is 14.9. The van der Waals surface area contributed by atoms with E-state index < -0.39 is 0 Å². The van der Waals surface area contributed by atoms with Gasteiger partial charge in [0.05, 0.1) is 10.5 Å². The molecule has 1 saturated heterocycles. The average molecular weight is 418 g/mol. The topological polar surface area (TPSA) is 71.6 Å². The minimum atomic E-state index is -0.354. The number of nitro groups is 1. The minimum absolute atomic E-state index is 0.00853. The number of aryl methyl sites for hydroxylation is 2. The maximum absolute atomic E-state index is 13.3. The van der Waals surface area contributed by atoms with E-state index in [4.69, 9.17) is 0 Å². The molecule has 4 rings (SSSR count). The van der Waals surface area contributed by atoms with Gasteiger partial charge in [0, 0.05) is 49.3 Å². The number of piperazine rings is 1. The third-order valence-electron chi connectivity index (χ3n) is 5.91. The van der Waals surface area contributed by atoms with Crippen LogP contribution in [0.25, 0.3) is 5.69 Å². The van der Waals surface area contributed by atoms with Gasteiger partial charge in [-0.05, 0) is 50.6 Å². The third kappa shape index (κ3) is 3.91. The van der Waals surface area contributed by atoms with Gasteiger partial charge in [0.2, 0.25) is 0 Å². The lowest BCUT2D eigenvalue weighted by molar-refractivity contribution is -0.384. The summed E-state index contributed by atoms with van der Waals surface area (Å²) in [6.45, 7) is 8.23. The van der Waals surface area contributed by atoms with Gasteiger partial charge in [0.25, 0.3) is 11.6 Å². The molecule has 0 bridgehead atoms. The highest BCUT2D eigenvalue weighted by molar-refractivity contribution is 5.96. The van der Waals surface area contributed by atoms with Crippen LogP contribution in [0.2, 0.25) is 0 Å². The van der Waals surface area contributed by atoms with Crippen LogP contribution in [0, 0.1) is 30.9 Å². The summed E-state index contributed by atoms with van der Waals surface area (Å²) in [7, 11) is 0. The van der Waals surface area contributed by atoms with E-state index in [1.54, 1.807) is 18.2 Å². The second kappa shape index (κ2) is 8.26. The Hall–Kier alpha value is -3.61. The molecule has 0 saturated carbocycles. The smallest absolute Gasteiger partial charge is 0.292 e. The molecule has 7 heteroatoms. The molecule has 1 aromatic heterocycles. The van der Waals surface area contributed by atoms with E-state index in [1.165, 1.54) is 11.6 Å². The molecule has 1 aliphatic rings. The summed E-state index contributed by atoms with van der Waals surface area (Å²) in [5.74, 6) is 0.00853. The van der Waals surface area contributed by atoms with Gasteiger partial charge in [0.15, 0.2) is 0 Å². The summed E-state index contributed by atoms with van der Waals surface area (Å²) >= 11 is 0. The van der Waals surface area contributed by atoms with Crippen molar-refractivity contribution in [2.45, 2.75) is 20.8 Å². The normalized spacial score (nSPS) is 14.0. The summed E-state index contributed by atoms with van der Waals surface area (Å²) < 4.78 is 2.11. The molecule has 2 heterocycles. The first-order valence-electron chi connectivity index (χ1n) is 10.4. The predicted octanol–water partition coefficient (Wildman–Crippen LogP) is 4.27. The lowest BCUT2D eigenvalue weighted by Gasteiger charge is -2.35. The molecule has 0 N–H and O–H groups in total. The molecule has 31 heavy (non-hydrogen) atoms. The number of nitrogens with zero attached hydrogens (tertiary/aromatic N) is 4. The lowest BCUT2D eigenvalue weighted by atomic mass is 10.1. The molecule has 0 radical (unpaired) electrons. The molecule has 1 amide bonds. The largest absolute Gasteiger partial charge is 0.362 e. The van der Waals surface area contributed by atoms with E-state index in [0.29, 0.717) is 37.4 Å². The van der Waals surface area contributed by atoms with E-state index >= 15 is 0 Å². The number of nitro benzene ring substituents is 1. The van der Waals surface area contributed by atoms with Gasteiger partial charge < -0.3 is 14.4 Å². The SMILES string of the molecule is Cc1cccc(-n2c(C)cc(C(=O)N3CCN(c4ccccc4[N+](=O)[O-])CC3)c2C)c1. The number of carbonyl (C=O) groups excluding carboxylic acids is 1. The second-order valence-corrected chi connectivity index (χ2v) is 7.98. The fraction of sp³-hybridized carbons (Fsp3) is 0.292. The molecule has 0 atom stereocenters. The number of carbonyl (C=O) groups is 1. The Bertz CT molecular complexity index is 1140. The first kappa shape index (κ1) is 20.7. The van der Waals surface area contributed by atoms with Gasteiger partial charge in [-0.3, -0.25) is 14.9 Å². The zero-order valence-electron chi connectivity index (χ0n) is 18.0. The van der Waals surface area contributed by atoms with Crippen molar-refractivity contribution in [2.24, 2.45) is 0 Å². The maximum Gasteiger partial charge on any atom is 0.292 e. The highest BCUT2D eigenvalue weighted by Crippen LogP contribution is 2.29. The maximum atomic E-state index is 13.3. The standard InChI is InChI=1S/C24H26N4O3/c1-17-7-6-8-20(15-17)27-18(2)16-21(19(27)3)24(29)26-13-11-25(12-14-26)22-9-4-5-10-23(22)28(30)31/h4-10,15-16H,11-14H2,1-3H3. The van der Waals surface area contributed by atoms with Crippen molar-refractivity contribution in [3.05, 3.63) is 87.2 Å². The van der Waals surface area contributed by atoms with Crippen LogP contribution in [0.5, 0.6) is 0 Å². The fourth-order valence-electron chi connectivity index (χ4n) is 4.35. The Kier molecular flexibility index (Phi) is 5.50. The summed E-state index contributed by atoms with van der Waals surface area (Å²) in [6, 6.07) is 17.0. The number of hydrogen-bond acceptors (Lipinski definition) is 4. The fourth-order valence-corrected chi connectivity index (χ4v) is 4.35. The number of amides is 1. The summed E-state index contributed by atoms with van der Waals surface area (Å²) in [5.41, 5.74) is 5.58. The Morgan fingerprint density at radius 2 is 1.65 bits per heavy atom. The molecular formula is C24H26N4O3. The zero-order chi connectivity index (χ0) is 22.1. The highest BCUT2D eigenvalue weighted by atomic mass is 16.6. The van der Waals surface area contributed by atoms with E-state index in [1.807, 2.05) is 41.8 Å². The van der Waals surface area contributed by atoms with Crippen molar-refractivity contribution in [3.63, 3.8) is 0 Å². The number of rotatable bonds is 4. The zero-order valence-corrected chi connectivity index (χ0v) is 18.0. The van der Waals surface area contributed by atoms with Gasteiger partial charge in [0.1, 0.15) is 5.69 Å². The van der Waals surface area contributed by atoms with Crippen LogP contribution < -0.4 is 4.90 Å². The van der Waals surface area contributed by atoms with Gasteiger partial charge >= 0.3 is 0 Å². The molecule has 1 aliphatic heterocycles. The van der Waals surface area contributed by atoms with Crippen LogP contribution >= 0.6 is 0 Å². The van der Waals surface area contributed by atoms with Crippen molar-refractivity contribution >= 4 is 17.3 Å². The van der Waals surface area contributed by atoms with E-state index in [-0.39, 0.29) is 16.5 Å². The Morgan fingerprint density at radius 1 is 0.935 bits per heavy atom. The molecule has 1 fully saturated rings. The van der Waals surface area contributed by atoms with E-state index in [9.17, 15) is 14.9 Å². The van der Waals surface area contributed by atoms with Crippen molar-refractivity contribution in [1.82, 2.24) is 9.47 Å². The Balaban J connectivity index is 1.52. The summed E-state index contributed by atoms with van der Waals surface area (Å²) in [5, 5.41) is 11.3. The van der Waals surface area contributed by atoms with E-state index in [2.05, 4.69) is 23.6 Å². The number of hydrogen-bond donors (Lipinski definition) is 0. The summed E-state index contributed by atoms with van der Waals surface area (Å²) in [4.78, 5) is 28.1. The monoisotopic (exact) mass is 418 g/mol. The van der Waals surface area contributed by atoms with Crippen molar-refractivity contribution in [3.8, 4) is 5.69 Å². The minimum Gasteiger partial charge on any atom is -0.362 e. The predicted molar refractivity (Wildman–Crippen MR) is 121 cm³/mol. The number of aromatic nitrogens is 1. The summed E-state index contributed by atoms with van der Waals surface area (Å²) in [6.07, 6.45) is 0. The molecular weight excluding hydrogens is 392 g/mol. The molecule has 7 nitrogen and oxygen atoms in total. The van der Waals surface area contributed by atoms with Crippen molar-refractivity contribution in [1.29, 1.82) is 0 Å². The van der Waals surface area contributed by atoms with Crippen LogP contribution in [-0.2, 0) is 0 Å². The van der Waals surface area contributed by atoms with Crippen LogP contribution in [0.4, 0.5) is 11.4 Å². The molecule has 2 aromatic carbocycles. The van der Waals surface area contributed by atoms with Gasteiger partial charge in [-0.2, -0.15) is 0 Å². The number of para-hydroxylation sites is 2. The Morgan fingerprint density at radius 3 is 2.32 bits per heavy atom.